The lowest BCUT2D eigenvalue weighted by molar-refractivity contribution is -0.385. The maximum Gasteiger partial charge on any atom is 0.287 e. The van der Waals surface area contributed by atoms with Gasteiger partial charge in [0.1, 0.15) is 12.0 Å². The lowest BCUT2D eigenvalue weighted by Crippen LogP contribution is -2.06. The number of rotatable bonds is 5. The number of nitriles is 1. The largest absolute Gasteiger partial charge is 0.370 e. The molecule has 1 heterocycles. The number of pyridine rings is 1. The van der Waals surface area contributed by atoms with Crippen LogP contribution in [0.25, 0.3) is 0 Å². The molecular formula is C14H12N4O2. The quantitative estimate of drug-likeness (QED) is 0.664. The molecule has 0 amide bonds. The van der Waals surface area contributed by atoms with E-state index in [9.17, 15) is 10.1 Å². The van der Waals surface area contributed by atoms with E-state index in [0.29, 0.717) is 17.9 Å². The molecule has 1 aromatic heterocycles. The van der Waals surface area contributed by atoms with Crippen LogP contribution in [0.15, 0.2) is 42.6 Å². The van der Waals surface area contributed by atoms with Crippen LogP contribution in [0.3, 0.4) is 0 Å². The Hall–Kier alpha value is -2.94. The van der Waals surface area contributed by atoms with Crippen LogP contribution in [-0.2, 0) is 6.42 Å². The number of anilines is 1. The Kier molecular flexibility index (Phi) is 4.24. The van der Waals surface area contributed by atoms with Gasteiger partial charge in [0.15, 0.2) is 0 Å². The number of hydrogen-bond acceptors (Lipinski definition) is 5. The van der Waals surface area contributed by atoms with E-state index in [0.717, 1.165) is 12.0 Å². The molecule has 0 spiro atoms. The van der Waals surface area contributed by atoms with E-state index in [1.807, 2.05) is 18.2 Å². The van der Waals surface area contributed by atoms with Crippen molar-refractivity contribution < 1.29 is 4.92 Å². The molecule has 0 aliphatic heterocycles. The van der Waals surface area contributed by atoms with Crippen LogP contribution in [0.4, 0.5) is 11.5 Å². The van der Waals surface area contributed by atoms with Gasteiger partial charge in [-0.05, 0) is 30.2 Å². The number of benzene rings is 1. The van der Waals surface area contributed by atoms with Crippen molar-refractivity contribution in [1.82, 2.24) is 4.98 Å². The molecule has 2 aromatic rings. The zero-order valence-electron chi connectivity index (χ0n) is 10.6. The third-order valence-corrected chi connectivity index (χ3v) is 2.73. The second-order valence-corrected chi connectivity index (χ2v) is 4.15. The number of nitro groups is 1. The van der Waals surface area contributed by atoms with E-state index >= 15 is 0 Å². The minimum Gasteiger partial charge on any atom is -0.370 e. The van der Waals surface area contributed by atoms with Gasteiger partial charge in [-0.25, -0.2) is 4.98 Å². The van der Waals surface area contributed by atoms with E-state index < -0.39 is 4.92 Å². The fourth-order valence-electron chi connectivity index (χ4n) is 1.73. The second-order valence-electron chi connectivity index (χ2n) is 4.15. The standard InChI is InChI=1S/C14H12N4O2/c15-9-12-3-1-2-11(8-12)6-7-16-14-5-4-13(10-17-14)18(19)20/h1-5,8,10H,6-7H2,(H,16,17). The molecule has 1 aromatic carbocycles. The highest BCUT2D eigenvalue weighted by Crippen LogP contribution is 2.12. The molecule has 0 atom stereocenters. The molecule has 6 nitrogen and oxygen atoms in total. The van der Waals surface area contributed by atoms with E-state index in [2.05, 4.69) is 16.4 Å². The highest BCUT2D eigenvalue weighted by Gasteiger charge is 2.04. The highest BCUT2D eigenvalue weighted by molar-refractivity contribution is 5.40. The first-order valence-corrected chi connectivity index (χ1v) is 6.02. The predicted octanol–water partition coefficient (Wildman–Crippen LogP) is 2.52. The predicted molar refractivity (Wildman–Crippen MR) is 74.2 cm³/mol. The molecule has 0 fully saturated rings. The molecule has 6 heteroatoms. The van der Waals surface area contributed by atoms with Gasteiger partial charge in [-0.2, -0.15) is 5.26 Å². The normalized spacial score (nSPS) is 9.75. The smallest absolute Gasteiger partial charge is 0.287 e. The van der Waals surface area contributed by atoms with Gasteiger partial charge in [-0.15, -0.1) is 0 Å². The minimum absolute atomic E-state index is 0.0303. The van der Waals surface area contributed by atoms with Crippen LogP contribution in [0.1, 0.15) is 11.1 Å². The van der Waals surface area contributed by atoms with Crippen LogP contribution >= 0.6 is 0 Å². The van der Waals surface area contributed by atoms with Crippen molar-refractivity contribution in [3.8, 4) is 6.07 Å². The van der Waals surface area contributed by atoms with Crippen LogP contribution in [0.5, 0.6) is 0 Å². The first kappa shape index (κ1) is 13.5. The van der Waals surface area contributed by atoms with Gasteiger partial charge in [0, 0.05) is 12.6 Å². The summed E-state index contributed by atoms with van der Waals surface area (Å²) in [4.78, 5) is 14.0. The monoisotopic (exact) mass is 268 g/mol. The molecular weight excluding hydrogens is 256 g/mol. The molecule has 20 heavy (non-hydrogen) atoms. The number of aromatic nitrogens is 1. The minimum atomic E-state index is -0.482. The molecule has 0 bridgehead atoms. The summed E-state index contributed by atoms with van der Waals surface area (Å²) in [5, 5.41) is 22.4. The number of hydrogen-bond donors (Lipinski definition) is 1. The topological polar surface area (TPSA) is 91.8 Å². The summed E-state index contributed by atoms with van der Waals surface area (Å²) in [6.45, 7) is 0.639. The maximum absolute atomic E-state index is 10.5. The van der Waals surface area contributed by atoms with E-state index in [1.165, 1.54) is 12.3 Å². The zero-order valence-corrected chi connectivity index (χ0v) is 10.6. The van der Waals surface area contributed by atoms with Crippen molar-refractivity contribution in [2.75, 3.05) is 11.9 Å². The molecule has 0 saturated heterocycles. The van der Waals surface area contributed by atoms with Crippen LogP contribution in [-0.4, -0.2) is 16.5 Å². The average Bonchev–Trinajstić information content (AvgIpc) is 2.48. The van der Waals surface area contributed by atoms with Gasteiger partial charge in [-0.3, -0.25) is 10.1 Å². The van der Waals surface area contributed by atoms with Crippen LogP contribution in [0.2, 0.25) is 0 Å². The molecule has 1 N–H and O–H groups in total. The first-order chi connectivity index (χ1) is 9.69. The summed E-state index contributed by atoms with van der Waals surface area (Å²) in [6, 6.07) is 12.5. The lowest BCUT2D eigenvalue weighted by Gasteiger charge is -2.05. The molecule has 0 unspecified atom stereocenters. The molecule has 0 radical (unpaired) electrons. The van der Waals surface area contributed by atoms with Crippen molar-refractivity contribution in [1.29, 1.82) is 5.26 Å². The maximum atomic E-state index is 10.5. The van der Waals surface area contributed by atoms with E-state index in [-0.39, 0.29) is 5.69 Å². The van der Waals surface area contributed by atoms with Gasteiger partial charge in [-0.1, -0.05) is 12.1 Å². The first-order valence-electron chi connectivity index (χ1n) is 6.02. The summed E-state index contributed by atoms with van der Waals surface area (Å²) < 4.78 is 0. The lowest BCUT2D eigenvalue weighted by atomic mass is 10.1. The molecule has 0 aliphatic carbocycles. The third-order valence-electron chi connectivity index (χ3n) is 2.73. The van der Waals surface area contributed by atoms with Crippen molar-refractivity contribution >= 4 is 11.5 Å². The van der Waals surface area contributed by atoms with Crippen molar-refractivity contribution in [2.45, 2.75) is 6.42 Å². The van der Waals surface area contributed by atoms with Gasteiger partial charge in [0.25, 0.3) is 5.69 Å². The molecule has 2 rings (SSSR count). The summed E-state index contributed by atoms with van der Waals surface area (Å²) in [5.41, 5.74) is 1.66. The van der Waals surface area contributed by atoms with Gasteiger partial charge in [0.05, 0.1) is 16.6 Å². The van der Waals surface area contributed by atoms with Crippen molar-refractivity contribution in [3.63, 3.8) is 0 Å². The number of nitrogens with one attached hydrogen (secondary N) is 1. The summed E-state index contributed by atoms with van der Waals surface area (Å²) >= 11 is 0. The van der Waals surface area contributed by atoms with Crippen LogP contribution < -0.4 is 5.32 Å². The Balaban J connectivity index is 1.89. The third kappa shape index (κ3) is 3.53. The summed E-state index contributed by atoms with van der Waals surface area (Å²) in [6.07, 6.45) is 1.97. The summed E-state index contributed by atoms with van der Waals surface area (Å²) in [7, 11) is 0. The Morgan fingerprint density at radius 3 is 2.85 bits per heavy atom. The molecule has 100 valence electrons. The molecule has 0 aliphatic rings. The SMILES string of the molecule is N#Cc1cccc(CCNc2ccc([N+](=O)[O-])cn2)c1. The van der Waals surface area contributed by atoms with Gasteiger partial charge >= 0.3 is 0 Å². The van der Waals surface area contributed by atoms with Crippen molar-refractivity contribution in [2.24, 2.45) is 0 Å². The molecule has 0 saturated carbocycles. The highest BCUT2D eigenvalue weighted by atomic mass is 16.6. The fourth-order valence-corrected chi connectivity index (χ4v) is 1.73. The Morgan fingerprint density at radius 2 is 2.20 bits per heavy atom. The van der Waals surface area contributed by atoms with Gasteiger partial charge < -0.3 is 5.32 Å². The number of nitrogens with zero attached hydrogens (tertiary/aromatic N) is 3. The Bertz CT molecular complexity index is 647. The van der Waals surface area contributed by atoms with Gasteiger partial charge in [0.2, 0.25) is 0 Å². The van der Waals surface area contributed by atoms with Crippen molar-refractivity contribution in [3.05, 3.63) is 63.8 Å². The Labute approximate surface area is 115 Å². The zero-order chi connectivity index (χ0) is 14.4. The fraction of sp³-hybridized carbons (Fsp3) is 0.143. The Morgan fingerprint density at radius 1 is 1.35 bits per heavy atom. The van der Waals surface area contributed by atoms with E-state index in [1.54, 1.807) is 12.1 Å². The van der Waals surface area contributed by atoms with E-state index in [4.69, 9.17) is 5.26 Å². The second kappa shape index (κ2) is 6.29. The summed E-state index contributed by atoms with van der Waals surface area (Å²) in [5.74, 6) is 0.590. The average molecular weight is 268 g/mol. The van der Waals surface area contributed by atoms with Crippen LogP contribution in [0, 0.1) is 21.4 Å².